The second kappa shape index (κ2) is 3.41. The Morgan fingerprint density at radius 2 is 2.33 bits per heavy atom. The highest BCUT2D eigenvalue weighted by molar-refractivity contribution is 7.47. The minimum atomic E-state index is -3.97. The first-order chi connectivity index (χ1) is 5.42. The third-order valence-electron chi connectivity index (χ3n) is 1.58. The maximum absolute atomic E-state index is 10.8. The molecule has 1 fully saturated rings. The van der Waals surface area contributed by atoms with E-state index in [0.29, 0.717) is 0 Å². The van der Waals surface area contributed by atoms with Crippen molar-refractivity contribution in [3.8, 4) is 0 Å². The van der Waals surface area contributed by atoms with Crippen LogP contribution < -0.4 is 5.73 Å². The van der Waals surface area contributed by atoms with E-state index in [-0.39, 0.29) is 6.61 Å². The number of phosphoric ester groups is 1. The van der Waals surface area contributed by atoms with Crippen LogP contribution in [0.1, 0.15) is 6.92 Å². The molecular formula is C5H12NO5P. The van der Waals surface area contributed by atoms with Crippen LogP contribution in [-0.4, -0.2) is 34.9 Å². The molecule has 0 aliphatic carbocycles. The Balaban J connectivity index is 2.66. The Kier molecular flexibility index (Phi) is 2.88. The second-order valence-corrected chi connectivity index (χ2v) is 4.14. The highest BCUT2D eigenvalue weighted by atomic mass is 31.2. The van der Waals surface area contributed by atoms with Crippen LogP contribution in [0, 0.1) is 0 Å². The van der Waals surface area contributed by atoms with Crippen LogP contribution >= 0.6 is 7.82 Å². The molecule has 0 aromatic rings. The third kappa shape index (κ3) is 2.26. The molecule has 1 heterocycles. The van der Waals surface area contributed by atoms with Crippen molar-refractivity contribution in [3.05, 3.63) is 0 Å². The zero-order chi connectivity index (χ0) is 9.35. The number of nitrogens with two attached hydrogens (primary N) is 1. The van der Waals surface area contributed by atoms with Gasteiger partial charge in [-0.2, -0.15) is 0 Å². The van der Waals surface area contributed by atoms with E-state index in [2.05, 4.69) is 9.05 Å². The van der Waals surface area contributed by atoms with E-state index in [1.807, 2.05) is 0 Å². The van der Waals surface area contributed by atoms with Crippen molar-refractivity contribution >= 4 is 7.82 Å². The van der Waals surface area contributed by atoms with E-state index in [1.54, 1.807) is 0 Å². The maximum atomic E-state index is 10.8. The zero-order valence-corrected chi connectivity index (χ0v) is 7.48. The van der Waals surface area contributed by atoms with Gasteiger partial charge in [0, 0.05) is 0 Å². The highest BCUT2D eigenvalue weighted by Crippen LogP contribution is 2.48. The van der Waals surface area contributed by atoms with Crippen molar-refractivity contribution in [1.29, 1.82) is 0 Å². The standard InChI is InChI=1S/C5H12NO5P/c1-3(7)5-4(6)2-10-12(8,9)11-5/h3-5,7H,2,6H2,1H3,(H,8,9)/t3-,4+,5-/m1/s1. The van der Waals surface area contributed by atoms with E-state index in [9.17, 15) is 4.57 Å². The molecule has 1 aliphatic rings. The van der Waals surface area contributed by atoms with Crippen LogP contribution in [0.25, 0.3) is 0 Å². The minimum absolute atomic E-state index is 0.0800. The molecule has 1 aliphatic heterocycles. The van der Waals surface area contributed by atoms with Crippen LogP contribution in [0.4, 0.5) is 0 Å². The zero-order valence-electron chi connectivity index (χ0n) is 6.58. The van der Waals surface area contributed by atoms with E-state index in [4.69, 9.17) is 15.7 Å². The fourth-order valence-electron chi connectivity index (χ4n) is 0.983. The first-order valence-electron chi connectivity index (χ1n) is 3.52. The van der Waals surface area contributed by atoms with Gasteiger partial charge in [-0.25, -0.2) is 4.57 Å². The molecule has 0 aromatic carbocycles. The molecule has 1 unspecified atom stereocenters. The highest BCUT2D eigenvalue weighted by Gasteiger charge is 2.39. The van der Waals surface area contributed by atoms with E-state index in [0.717, 1.165) is 0 Å². The Labute approximate surface area is 69.9 Å². The van der Waals surface area contributed by atoms with Crippen LogP contribution in [0.15, 0.2) is 0 Å². The molecule has 7 heteroatoms. The topological polar surface area (TPSA) is 102 Å². The smallest absolute Gasteiger partial charge is 0.391 e. The summed E-state index contributed by atoms with van der Waals surface area (Å²) in [4.78, 5) is 8.86. The molecule has 0 saturated carbocycles. The lowest BCUT2D eigenvalue weighted by atomic mass is 10.1. The summed E-state index contributed by atoms with van der Waals surface area (Å²) in [7, 11) is -3.97. The molecule has 4 atom stereocenters. The van der Waals surface area contributed by atoms with Crippen LogP contribution in [0.5, 0.6) is 0 Å². The molecule has 0 amide bonds. The number of hydrogen-bond donors (Lipinski definition) is 3. The Morgan fingerprint density at radius 3 is 2.75 bits per heavy atom. The van der Waals surface area contributed by atoms with Crippen LogP contribution in [0.2, 0.25) is 0 Å². The van der Waals surface area contributed by atoms with Gasteiger partial charge in [0.25, 0.3) is 0 Å². The van der Waals surface area contributed by atoms with Crippen molar-refractivity contribution in [2.75, 3.05) is 6.61 Å². The van der Waals surface area contributed by atoms with Crippen molar-refractivity contribution in [1.82, 2.24) is 0 Å². The molecule has 0 bridgehead atoms. The van der Waals surface area contributed by atoms with Crippen molar-refractivity contribution in [2.45, 2.75) is 25.2 Å². The summed E-state index contributed by atoms with van der Waals surface area (Å²) in [6.07, 6.45) is -1.72. The number of aliphatic hydroxyl groups is 1. The summed E-state index contributed by atoms with van der Waals surface area (Å²) < 4.78 is 19.8. The molecule has 72 valence electrons. The number of phosphoric acid groups is 1. The van der Waals surface area contributed by atoms with Gasteiger partial charge in [0.1, 0.15) is 6.10 Å². The van der Waals surface area contributed by atoms with Gasteiger partial charge in [-0.1, -0.05) is 0 Å². The first-order valence-corrected chi connectivity index (χ1v) is 5.01. The summed E-state index contributed by atoms with van der Waals surface area (Å²) in [5.74, 6) is 0. The van der Waals surface area contributed by atoms with E-state index in [1.165, 1.54) is 6.92 Å². The average molecular weight is 197 g/mol. The molecule has 6 nitrogen and oxygen atoms in total. The number of rotatable bonds is 1. The molecule has 0 aromatic heterocycles. The quantitative estimate of drug-likeness (QED) is 0.476. The predicted octanol–water partition coefficient (Wildman–Crippen LogP) is -0.790. The molecule has 4 N–H and O–H groups in total. The van der Waals surface area contributed by atoms with Gasteiger partial charge in [0.2, 0.25) is 0 Å². The number of hydrogen-bond acceptors (Lipinski definition) is 5. The van der Waals surface area contributed by atoms with Gasteiger partial charge >= 0.3 is 7.82 Å². The summed E-state index contributed by atoms with van der Waals surface area (Å²) in [6, 6.07) is -0.570. The normalized spacial score (nSPS) is 45.7. The average Bonchev–Trinajstić information content (AvgIpc) is 1.94. The SMILES string of the molecule is C[C@@H](O)[C@H]1OP(=O)(O)OC[C@@H]1N. The molecule has 0 spiro atoms. The van der Waals surface area contributed by atoms with Gasteiger partial charge in [-0.15, -0.1) is 0 Å². The monoisotopic (exact) mass is 197 g/mol. The van der Waals surface area contributed by atoms with Gasteiger partial charge < -0.3 is 15.7 Å². The third-order valence-corrected chi connectivity index (χ3v) is 2.57. The van der Waals surface area contributed by atoms with Crippen LogP contribution in [-0.2, 0) is 13.6 Å². The van der Waals surface area contributed by atoms with Gasteiger partial charge in [-0.05, 0) is 6.92 Å². The van der Waals surface area contributed by atoms with Gasteiger partial charge in [0.15, 0.2) is 0 Å². The lowest BCUT2D eigenvalue weighted by molar-refractivity contribution is -0.0326. The molecule has 1 saturated heterocycles. The maximum Gasteiger partial charge on any atom is 0.472 e. The Morgan fingerprint density at radius 1 is 1.75 bits per heavy atom. The largest absolute Gasteiger partial charge is 0.472 e. The summed E-state index contributed by atoms with van der Waals surface area (Å²) in [6.45, 7) is 1.36. The molecular weight excluding hydrogens is 185 g/mol. The lowest BCUT2D eigenvalue weighted by Gasteiger charge is -2.32. The second-order valence-electron chi connectivity index (χ2n) is 2.74. The van der Waals surface area contributed by atoms with Gasteiger partial charge in [0.05, 0.1) is 18.8 Å². The lowest BCUT2D eigenvalue weighted by Crippen LogP contribution is -2.48. The fraction of sp³-hybridized carbons (Fsp3) is 1.00. The summed E-state index contributed by atoms with van der Waals surface area (Å²) >= 11 is 0. The van der Waals surface area contributed by atoms with Crippen molar-refractivity contribution in [3.63, 3.8) is 0 Å². The first kappa shape index (κ1) is 10.1. The van der Waals surface area contributed by atoms with Crippen LogP contribution in [0.3, 0.4) is 0 Å². The van der Waals surface area contributed by atoms with Gasteiger partial charge in [-0.3, -0.25) is 9.05 Å². The van der Waals surface area contributed by atoms with Crippen molar-refractivity contribution in [2.24, 2.45) is 5.73 Å². The predicted molar refractivity (Wildman–Crippen MR) is 40.3 cm³/mol. The molecule has 12 heavy (non-hydrogen) atoms. The molecule has 0 radical (unpaired) electrons. The van der Waals surface area contributed by atoms with E-state index >= 15 is 0 Å². The fourth-order valence-corrected chi connectivity index (χ4v) is 2.04. The molecule has 1 rings (SSSR count). The Hall–Kier alpha value is 0.0300. The van der Waals surface area contributed by atoms with E-state index < -0.39 is 26.1 Å². The number of aliphatic hydroxyl groups excluding tert-OH is 1. The summed E-state index contributed by atoms with van der Waals surface area (Å²) in [5, 5.41) is 9.09. The van der Waals surface area contributed by atoms with Crippen molar-refractivity contribution < 1.29 is 23.6 Å². The summed E-state index contributed by atoms with van der Waals surface area (Å²) in [5.41, 5.74) is 5.46. The Bertz CT molecular complexity index is 208. The minimum Gasteiger partial charge on any atom is -0.391 e.